The average molecular weight is 252 g/mol. The van der Waals surface area contributed by atoms with E-state index in [0.717, 1.165) is 25.3 Å². The van der Waals surface area contributed by atoms with Crippen LogP contribution in [0.5, 0.6) is 0 Å². The van der Waals surface area contributed by atoms with E-state index in [0.29, 0.717) is 12.5 Å². The second kappa shape index (κ2) is 5.35. The molecule has 18 heavy (non-hydrogen) atoms. The maximum atomic E-state index is 12.8. The van der Waals surface area contributed by atoms with E-state index in [-0.39, 0.29) is 23.3 Å². The summed E-state index contributed by atoms with van der Waals surface area (Å²) in [6.45, 7) is 0.521. The highest BCUT2D eigenvalue weighted by Crippen LogP contribution is 2.24. The van der Waals surface area contributed by atoms with Gasteiger partial charge in [-0.15, -0.1) is 0 Å². The van der Waals surface area contributed by atoms with E-state index in [1.165, 1.54) is 12.1 Å². The summed E-state index contributed by atoms with van der Waals surface area (Å²) in [4.78, 5) is 11.8. The molecule has 0 spiro atoms. The van der Waals surface area contributed by atoms with E-state index in [1.807, 2.05) is 0 Å². The number of benzene rings is 1. The van der Waals surface area contributed by atoms with Gasteiger partial charge in [-0.2, -0.15) is 0 Å². The lowest BCUT2D eigenvalue weighted by molar-refractivity contribution is 0.0946. The summed E-state index contributed by atoms with van der Waals surface area (Å²) in [6, 6.07) is 3.72. The molecule has 1 fully saturated rings. The second-order valence-electron chi connectivity index (χ2n) is 4.77. The first-order valence-electron chi connectivity index (χ1n) is 6.07. The van der Waals surface area contributed by atoms with Crippen LogP contribution in [0.4, 0.5) is 10.1 Å². The molecule has 1 aromatic carbocycles. The number of rotatable bonds is 3. The topological polar surface area (TPSA) is 75.4 Å². The Morgan fingerprint density at radius 3 is 2.89 bits per heavy atom. The molecule has 2 unspecified atom stereocenters. The standard InChI is InChI=1S/C13H17FN2O2/c14-9-2-4-11(12(15)6-9)13(18)16-7-8-1-3-10(17)5-8/h2,4,6,8,10,17H,1,3,5,7,15H2,(H,16,18). The maximum Gasteiger partial charge on any atom is 0.253 e. The van der Waals surface area contributed by atoms with Gasteiger partial charge in [0.2, 0.25) is 0 Å². The van der Waals surface area contributed by atoms with Gasteiger partial charge in [-0.05, 0) is 43.4 Å². The number of amides is 1. The van der Waals surface area contributed by atoms with Gasteiger partial charge >= 0.3 is 0 Å². The number of hydrogen-bond acceptors (Lipinski definition) is 3. The SMILES string of the molecule is Nc1cc(F)ccc1C(=O)NCC1CCC(O)C1. The molecular formula is C13H17FN2O2. The summed E-state index contributed by atoms with van der Waals surface area (Å²) < 4.78 is 12.8. The van der Waals surface area contributed by atoms with Crippen molar-refractivity contribution in [3.05, 3.63) is 29.6 Å². The van der Waals surface area contributed by atoms with E-state index in [1.54, 1.807) is 0 Å². The first-order chi connectivity index (χ1) is 8.56. The van der Waals surface area contributed by atoms with E-state index in [9.17, 15) is 14.3 Å². The smallest absolute Gasteiger partial charge is 0.253 e. The highest BCUT2D eigenvalue weighted by atomic mass is 19.1. The van der Waals surface area contributed by atoms with Crippen LogP contribution in [-0.4, -0.2) is 23.7 Å². The summed E-state index contributed by atoms with van der Waals surface area (Å²) >= 11 is 0. The van der Waals surface area contributed by atoms with Crippen LogP contribution >= 0.6 is 0 Å². The molecule has 1 saturated carbocycles. The maximum absolute atomic E-state index is 12.8. The average Bonchev–Trinajstić information content (AvgIpc) is 2.72. The van der Waals surface area contributed by atoms with Gasteiger partial charge in [-0.25, -0.2) is 4.39 Å². The van der Waals surface area contributed by atoms with Crippen molar-refractivity contribution in [3.63, 3.8) is 0 Å². The molecule has 0 heterocycles. The van der Waals surface area contributed by atoms with Crippen LogP contribution in [0, 0.1) is 11.7 Å². The third-order valence-corrected chi connectivity index (χ3v) is 3.32. The van der Waals surface area contributed by atoms with Crippen molar-refractivity contribution in [3.8, 4) is 0 Å². The number of hydrogen-bond donors (Lipinski definition) is 3. The molecule has 4 N–H and O–H groups in total. The van der Waals surface area contributed by atoms with Crippen molar-refractivity contribution >= 4 is 11.6 Å². The molecule has 2 atom stereocenters. The van der Waals surface area contributed by atoms with E-state index < -0.39 is 5.82 Å². The Hall–Kier alpha value is -1.62. The van der Waals surface area contributed by atoms with Gasteiger partial charge in [0.25, 0.3) is 5.91 Å². The molecule has 0 aliphatic heterocycles. The highest BCUT2D eigenvalue weighted by molar-refractivity contribution is 5.99. The molecule has 2 rings (SSSR count). The van der Waals surface area contributed by atoms with Crippen LogP contribution in [0.15, 0.2) is 18.2 Å². The third-order valence-electron chi connectivity index (χ3n) is 3.32. The monoisotopic (exact) mass is 252 g/mol. The van der Waals surface area contributed by atoms with Crippen molar-refractivity contribution in [1.82, 2.24) is 5.32 Å². The lowest BCUT2D eigenvalue weighted by atomic mass is 10.1. The summed E-state index contributed by atoms with van der Waals surface area (Å²) in [5.74, 6) is -0.442. The number of nitrogen functional groups attached to an aromatic ring is 1. The second-order valence-corrected chi connectivity index (χ2v) is 4.77. The number of aliphatic hydroxyl groups excluding tert-OH is 1. The number of halogens is 1. The molecule has 98 valence electrons. The van der Waals surface area contributed by atoms with Crippen molar-refractivity contribution in [2.75, 3.05) is 12.3 Å². The molecule has 0 radical (unpaired) electrons. The van der Waals surface area contributed by atoms with Gasteiger partial charge in [0.05, 0.1) is 11.7 Å². The normalized spacial score (nSPS) is 23.0. The van der Waals surface area contributed by atoms with Crippen molar-refractivity contribution < 1.29 is 14.3 Å². The van der Waals surface area contributed by atoms with Gasteiger partial charge in [-0.1, -0.05) is 0 Å². The first kappa shape index (κ1) is 12.8. The zero-order valence-corrected chi connectivity index (χ0v) is 10.0. The molecular weight excluding hydrogens is 235 g/mol. The molecule has 1 aliphatic rings. The number of anilines is 1. The molecule has 0 bridgehead atoms. The number of aliphatic hydroxyl groups is 1. The predicted octanol–water partition coefficient (Wildman–Crippen LogP) is 1.30. The number of carbonyl (C=O) groups excluding carboxylic acids is 1. The minimum Gasteiger partial charge on any atom is -0.398 e. The Balaban J connectivity index is 1.91. The van der Waals surface area contributed by atoms with Crippen LogP contribution in [0.2, 0.25) is 0 Å². The predicted molar refractivity (Wildman–Crippen MR) is 66.5 cm³/mol. The van der Waals surface area contributed by atoms with Crippen LogP contribution in [0.3, 0.4) is 0 Å². The minimum atomic E-state index is -0.456. The molecule has 0 aromatic heterocycles. The van der Waals surface area contributed by atoms with Gasteiger partial charge in [0.1, 0.15) is 5.82 Å². The van der Waals surface area contributed by atoms with Gasteiger partial charge in [0.15, 0.2) is 0 Å². The van der Waals surface area contributed by atoms with Crippen LogP contribution in [0.1, 0.15) is 29.6 Å². The fourth-order valence-corrected chi connectivity index (χ4v) is 2.31. The Labute approximate surface area is 105 Å². The molecule has 1 amide bonds. The van der Waals surface area contributed by atoms with Crippen LogP contribution in [-0.2, 0) is 0 Å². The fraction of sp³-hybridized carbons (Fsp3) is 0.462. The van der Waals surface area contributed by atoms with Crippen molar-refractivity contribution in [1.29, 1.82) is 0 Å². The lowest BCUT2D eigenvalue weighted by Crippen LogP contribution is -2.29. The fourth-order valence-electron chi connectivity index (χ4n) is 2.31. The number of carbonyl (C=O) groups is 1. The van der Waals surface area contributed by atoms with Gasteiger partial charge in [0, 0.05) is 12.2 Å². The van der Waals surface area contributed by atoms with Gasteiger partial charge in [-0.3, -0.25) is 4.79 Å². The highest BCUT2D eigenvalue weighted by Gasteiger charge is 2.23. The van der Waals surface area contributed by atoms with Gasteiger partial charge < -0.3 is 16.2 Å². The zero-order valence-electron chi connectivity index (χ0n) is 10.0. The molecule has 1 aromatic rings. The first-order valence-corrected chi connectivity index (χ1v) is 6.07. The largest absolute Gasteiger partial charge is 0.398 e. The summed E-state index contributed by atoms with van der Waals surface area (Å²) in [5, 5.41) is 12.2. The molecule has 5 heteroatoms. The molecule has 1 aliphatic carbocycles. The summed E-state index contributed by atoms with van der Waals surface area (Å²) in [7, 11) is 0. The Bertz CT molecular complexity index is 451. The quantitative estimate of drug-likeness (QED) is 0.710. The molecule has 4 nitrogen and oxygen atoms in total. The summed E-state index contributed by atoms with van der Waals surface area (Å²) in [5.41, 5.74) is 6.01. The van der Waals surface area contributed by atoms with Crippen LogP contribution < -0.4 is 11.1 Å². The third kappa shape index (κ3) is 2.98. The summed E-state index contributed by atoms with van der Waals surface area (Å²) in [6.07, 6.45) is 2.18. The zero-order chi connectivity index (χ0) is 13.1. The van der Waals surface area contributed by atoms with E-state index in [4.69, 9.17) is 5.73 Å². The number of nitrogens with two attached hydrogens (primary N) is 1. The van der Waals surface area contributed by atoms with E-state index in [2.05, 4.69) is 5.32 Å². The Morgan fingerprint density at radius 1 is 1.50 bits per heavy atom. The Morgan fingerprint density at radius 2 is 2.28 bits per heavy atom. The van der Waals surface area contributed by atoms with Crippen molar-refractivity contribution in [2.45, 2.75) is 25.4 Å². The van der Waals surface area contributed by atoms with Crippen LogP contribution in [0.25, 0.3) is 0 Å². The minimum absolute atomic E-state index is 0.138. The van der Waals surface area contributed by atoms with Crippen molar-refractivity contribution in [2.24, 2.45) is 5.92 Å². The lowest BCUT2D eigenvalue weighted by Gasteiger charge is -2.12. The Kier molecular flexibility index (Phi) is 3.81. The van der Waals surface area contributed by atoms with E-state index >= 15 is 0 Å². The molecule has 0 saturated heterocycles. The number of nitrogens with one attached hydrogen (secondary N) is 1.